The van der Waals surface area contributed by atoms with Crippen LogP contribution in [0.3, 0.4) is 0 Å². The van der Waals surface area contributed by atoms with Gasteiger partial charge in [0.2, 0.25) is 0 Å². The third-order valence-corrected chi connectivity index (χ3v) is 8.39. The van der Waals surface area contributed by atoms with Gasteiger partial charge in [0.1, 0.15) is 0 Å². The van der Waals surface area contributed by atoms with Crippen LogP contribution in [0.5, 0.6) is 0 Å². The van der Waals surface area contributed by atoms with Crippen molar-refractivity contribution in [3.63, 3.8) is 0 Å². The first-order chi connectivity index (χ1) is 15.2. The van der Waals surface area contributed by atoms with Gasteiger partial charge in [-0.1, -0.05) is 72.8 Å². The summed E-state index contributed by atoms with van der Waals surface area (Å²) in [6, 6.07) is 24.6. The Morgan fingerprint density at radius 3 is 1.38 bits per heavy atom. The molecule has 6 nitrogen and oxygen atoms in total. The van der Waals surface area contributed by atoms with E-state index < -0.39 is 27.1 Å². The zero-order valence-corrected chi connectivity index (χ0v) is 23.4. The first kappa shape index (κ1) is 28.2. The van der Waals surface area contributed by atoms with Crippen LogP contribution in [0.2, 0.25) is 0 Å². The Morgan fingerprint density at radius 1 is 0.781 bits per heavy atom. The molecular formula is C24H32NO5SiW-. The van der Waals surface area contributed by atoms with E-state index in [1.54, 1.807) is 0 Å². The molecule has 0 atom stereocenters. The van der Waals surface area contributed by atoms with Gasteiger partial charge in [0, 0.05) is 21.3 Å². The van der Waals surface area contributed by atoms with Crippen LogP contribution in [0.1, 0.15) is 20.8 Å². The van der Waals surface area contributed by atoms with E-state index in [-0.39, 0.29) is 5.41 Å². The van der Waals surface area contributed by atoms with Crippen molar-refractivity contribution in [3.05, 3.63) is 72.8 Å². The van der Waals surface area contributed by atoms with E-state index in [0.717, 1.165) is 22.5 Å². The third kappa shape index (κ3) is 10.6. The van der Waals surface area contributed by atoms with Crippen LogP contribution in [-0.4, -0.2) is 39.6 Å². The molecule has 3 aromatic rings. The fourth-order valence-electron chi connectivity index (χ4n) is 2.30. The summed E-state index contributed by atoms with van der Waals surface area (Å²) in [5.41, 5.74) is 4.57. The Hall–Kier alpha value is -1.86. The number of hydrogen-bond donors (Lipinski definition) is 1. The van der Waals surface area contributed by atoms with Gasteiger partial charge >= 0.3 is 61.1 Å². The van der Waals surface area contributed by atoms with Gasteiger partial charge in [0.15, 0.2) is 0 Å². The van der Waals surface area contributed by atoms with Crippen LogP contribution in [0.15, 0.2) is 72.8 Å². The maximum atomic E-state index is 10.1. The summed E-state index contributed by atoms with van der Waals surface area (Å²) in [6.07, 6.45) is 0. The topological polar surface area (TPSA) is 79.1 Å². The fourth-order valence-corrected chi connectivity index (χ4v) is 3.83. The zero-order chi connectivity index (χ0) is 24.0. The molecule has 3 rings (SSSR count). The number of hydrogen-bond acceptors (Lipinski definition) is 5. The SMILES string of the molecule is CC(C)(C)[CH]=[W]=[O].CO[Si](O)(OC)OC.c1ccc(-c2ccc(-c3ccccc3)[n-]2)cc1. The van der Waals surface area contributed by atoms with Crippen molar-refractivity contribution in [1.29, 1.82) is 0 Å². The van der Waals surface area contributed by atoms with Crippen molar-refractivity contribution in [2.45, 2.75) is 20.8 Å². The number of rotatable bonds is 5. The summed E-state index contributed by atoms with van der Waals surface area (Å²) in [5, 5.41) is 0. The van der Waals surface area contributed by atoms with Crippen LogP contribution in [0.4, 0.5) is 0 Å². The van der Waals surface area contributed by atoms with E-state index in [9.17, 15) is 3.40 Å². The van der Waals surface area contributed by atoms with Gasteiger partial charge < -0.3 is 23.1 Å². The van der Waals surface area contributed by atoms with Gasteiger partial charge in [-0.25, -0.2) is 0 Å². The number of benzene rings is 2. The van der Waals surface area contributed by atoms with Gasteiger partial charge in [-0.3, -0.25) is 0 Å². The molecule has 0 fully saturated rings. The van der Waals surface area contributed by atoms with Crippen LogP contribution in [-0.2, 0) is 34.7 Å². The number of nitrogens with zero attached hydrogens (tertiary/aromatic N) is 1. The van der Waals surface area contributed by atoms with Crippen molar-refractivity contribution in [2.75, 3.05) is 21.3 Å². The van der Waals surface area contributed by atoms with Crippen molar-refractivity contribution < 1.29 is 39.5 Å². The van der Waals surface area contributed by atoms with Gasteiger partial charge in [0.05, 0.1) is 0 Å². The molecule has 0 aliphatic rings. The molecule has 0 amide bonds. The maximum Gasteiger partial charge on any atom is 0.676 e. The van der Waals surface area contributed by atoms with E-state index >= 15 is 0 Å². The standard InChI is InChI=1S/C16H12N.C5H10.C3H10O4Si.O.W/c1-3-7-13(8-4-1)15-11-12-16(17-15)14-9-5-2-6-10-14;1-5(2,3)4;1-5-8(4,6-2)7-3;;/h1-12H;1H,2-4H3;4H,1-3H3;;/q-1;;;;. The average molecular weight is 626 g/mol. The largest absolute Gasteiger partial charge is 0.676 e. The average Bonchev–Trinajstić information content (AvgIpc) is 3.30. The molecule has 0 saturated carbocycles. The van der Waals surface area contributed by atoms with Crippen molar-refractivity contribution >= 4 is 13.4 Å². The van der Waals surface area contributed by atoms with Gasteiger partial charge in [-0.2, -0.15) is 0 Å². The van der Waals surface area contributed by atoms with E-state index in [0.29, 0.717) is 0 Å². The molecule has 0 bridgehead atoms. The van der Waals surface area contributed by atoms with E-state index in [2.05, 4.69) is 75.4 Å². The molecule has 0 unspecified atom stereocenters. The second kappa shape index (κ2) is 14.3. The van der Waals surface area contributed by atoms with Gasteiger partial charge in [0.25, 0.3) is 0 Å². The summed E-state index contributed by atoms with van der Waals surface area (Å²) < 4.78 is 25.4. The van der Waals surface area contributed by atoms with E-state index in [1.165, 1.54) is 21.3 Å². The van der Waals surface area contributed by atoms with E-state index in [4.69, 9.17) is 4.80 Å². The summed E-state index contributed by atoms with van der Waals surface area (Å²) in [6.45, 7) is 6.18. The third-order valence-electron chi connectivity index (χ3n) is 3.95. The molecule has 0 radical (unpaired) electrons. The van der Waals surface area contributed by atoms with Crippen LogP contribution in [0.25, 0.3) is 22.5 Å². The summed E-state index contributed by atoms with van der Waals surface area (Å²) >= 11 is -1.27. The molecule has 32 heavy (non-hydrogen) atoms. The monoisotopic (exact) mass is 626 g/mol. The number of aromatic nitrogens is 1. The minimum Gasteiger partial charge on any atom is -0.657 e. The molecule has 2 aromatic carbocycles. The Bertz CT molecular complexity index is 885. The quantitative estimate of drug-likeness (QED) is 0.418. The molecule has 174 valence electrons. The molecule has 8 heteroatoms. The molecular weight excluding hydrogens is 594 g/mol. The van der Waals surface area contributed by atoms with Crippen LogP contribution < -0.4 is 4.98 Å². The maximum absolute atomic E-state index is 10.1. The van der Waals surface area contributed by atoms with Crippen molar-refractivity contribution in [3.8, 4) is 22.5 Å². The summed E-state index contributed by atoms with van der Waals surface area (Å²) in [4.78, 5) is 13.6. The van der Waals surface area contributed by atoms with Gasteiger partial charge in [-0.05, 0) is 11.1 Å². The Balaban J connectivity index is 0.000000288. The predicted molar refractivity (Wildman–Crippen MR) is 126 cm³/mol. The Morgan fingerprint density at radius 2 is 1.16 bits per heavy atom. The molecule has 1 heterocycles. The van der Waals surface area contributed by atoms with E-state index in [1.807, 2.05) is 40.8 Å². The first-order valence-electron chi connectivity index (χ1n) is 9.93. The molecule has 1 aromatic heterocycles. The van der Waals surface area contributed by atoms with Crippen molar-refractivity contribution in [2.24, 2.45) is 5.41 Å². The molecule has 0 aliphatic carbocycles. The van der Waals surface area contributed by atoms with Gasteiger partial charge in [-0.15, -0.1) is 11.4 Å². The minimum atomic E-state index is -3.17. The molecule has 0 spiro atoms. The minimum absolute atomic E-state index is 0.187. The van der Waals surface area contributed by atoms with Crippen molar-refractivity contribution in [1.82, 2.24) is 4.98 Å². The summed E-state index contributed by atoms with van der Waals surface area (Å²) in [5.74, 6) is 0. The second-order valence-corrected chi connectivity index (χ2v) is 11.5. The zero-order valence-electron chi connectivity index (χ0n) is 19.4. The fraction of sp³-hybridized carbons (Fsp3) is 0.292. The second-order valence-electron chi connectivity index (χ2n) is 7.66. The summed E-state index contributed by atoms with van der Waals surface area (Å²) in [7, 11) is 0.826. The molecule has 1 N–H and O–H groups in total. The normalized spacial score (nSPS) is 10.8. The van der Waals surface area contributed by atoms with Crippen LogP contribution in [0, 0.1) is 5.41 Å². The van der Waals surface area contributed by atoms with Crippen LogP contribution >= 0.6 is 0 Å². The molecule has 0 saturated heterocycles. The predicted octanol–water partition coefficient (Wildman–Crippen LogP) is 4.59. The first-order valence-corrected chi connectivity index (χ1v) is 14.5. The Kier molecular flexibility index (Phi) is 12.6. The smallest absolute Gasteiger partial charge is 0.657 e. The molecule has 0 aliphatic heterocycles. The Labute approximate surface area is 200 Å².